The quantitative estimate of drug-likeness (QED) is 0.515. The average Bonchev–Trinajstić information content (AvgIpc) is 2.82. The van der Waals surface area contributed by atoms with Crippen molar-refractivity contribution in [3.8, 4) is 11.1 Å². The number of hydrogen-bond donors (Lipinski definition) is 1. The van der Waals surface area contributed by atoms with E-state index in [1.54, 1.807) is 6.20 Å². The lowest BCUT2D eigenvalue weighted by atomic mass is 9.98. The summed E-state index contributed by atoms with van der Waals surface area (Å²) in [4.78, 5) is 30.7. The highest BCUT2D eigenvalue weighted by molar-refractivity contribution is 5.99. The number of nitrogens with zero attached hydrogens (tertiary/aromatic N) is 2. The standard InChI is InChI=1S/C27H25N3O2/c1-18(31)29-25-5-3-13-30(17-25)27(32)24-9-8-20-14-19(6-7-21(20)16-24)22-10-11-26-23(15-22)4-2-12-28-26/h2,4,6-12,14-16,25H,3,5,13,17H2,1H3,(H,29,31). The van der Waals surface area contributed by atoms with Crippen molar-refractivity contribution in [2.45, 2.75) is 25.8 Å². The fraction of sp³-hybridized carbons (Fsp3) is 0.222. The third kappa shape index (κ3) is 4.06. The molecule has 1 unspecified atom stereocenters. The fourth-order valence-electron chi connectivity index (χ4n) is 4.56. The molecule has 0 spiro atoms. The maximum absolute atomic E-state index is 13.1. The summed E-state index contributed by atoms with van der Waals surface area (Å²) >= 11 is 0. The Balaban J connectivity index is 1.39. The zero-order valence-electron chi connectivity index (χ0n) is 18.0. The van der Waals surface area contributed by atoms with Gasteiger partial charge in [-0.3, -0.25) is 14.6 Å². The lowest BCUT2D eigenvalue weighted by Crippen LogP contribution is -2.49. The second kappa shape index (κ2) is 8.42. The smallest absolute Gasteiger partial charge is 0.253 e. The molecule has 5 nitrogen and oxygen atoms in total. The molecule has 1 aromatic heterocycles. The van der Waals surface area contributed by atoms with Crippen LogP contribution in [0.25, 0.3) is 32.8 Å². The Morgan fingerprint density at radius 3 is 2.53 bits per heavy atom. The number of carbonyl (C=O) groups excluding carboxylic acids is 2. The molecular weight excluding hydrogens is 398 g/mol. The summed E-state index contributed by atoms with van der Waals surface area (Å²) in [7, 11) is 0. The zero-order valence-corrected chi connectivity index (χ0v) is 18.0. The molecule has 1 N–H and O–H groups in total. The van der Waals surface area contributed by atoms with E-state index in [1.165, 1.54) is 6.92 Å². The molecule has 160 valence electrons. The van der Waals surface area contributed by atoms with Gasteiger partial charge >= 0.3 is 0 Å². The number of benzene rings is 3. The molecule has 4 aromatic rings. The largest absolute Gasteiger partial charge is 0.352 e. The summed E-state index contributed by atoms with van der Waals surface area (Å²) in [5, 5.41) is 6.20. The molecule has 5 heteroatoms. The fourth-order valence-corrected chi connectivity index (χ4v) is 4.56. The van der Waals surface area contributed by atoms with Gasteiger partial charge in [0.1, 0.15) is 0 Å². The van der Waals surface area contributed by atoms with Crippen molar-refractivity contribution in [2.75, 3.05) is 13.1 Å². The van der Waals surface area contributed by atoms with Crippen molar-refractivity contribution in [3.05, 3.63) is 78.5 Å². The third-order valence-electron chi connectivity index (χ3n) is 6.14. The third-order valence-corrected chi connectivity index (χ3v) is 6.14. The molecule has 2 heterocycles. The normalized spacial score (nSPS) is 16.3. The van der Waals surface area contributed by atoms with Crippen LogP contribution in [0.3, 0.4) is 0 Å². The van der Waals surface area contributed by atoms with Crippen LogP contribution in [-0.2, 0) is 4.79 Å². The predicted molar refractivity (Wildman–Crippen MR) is 127 cm³/mol. The minimum Gasteiger partial charge on any atom is -0.352 e. The summed E-state index contributed by atoms with van der Waals surface area (Å²) in [6.45, 7) is 2.81. The van der Waals surface area contributed by atoms with E-state index in [2.05, 4.69) is 46.7 Å². The molecule has 0 radical (unpaired) electrons. The SMILES string of the molecule is CC(=O)NC1CCCN(C(=O)c2ccc3cc(-c4ccc5ncccc5c4)ccc3c2)C1. The second-order valence-electron chi connectivity index (χ2n) is 8.48. The minimum absolute atomic E-state index is 0.0213. The number of hydrogen-bond acceptors (Lipinski definition) is 3. The summed E-state index contributed by atoms with van der Waals surface area (Å²) in [5.41, 5.74) is 3.95. The number of amides is 2. The van der Waals surface area contributed by atoms with Crippen molar-refractivity contribution in [1.29, 1.82) is 0 Å². The van der Waals surface area contributed by atoms with Gasteiger partial charge in [0.05, 0.1) is 5.52 Å². The van der Waals surface area contributed by atoms with Crippen LogP contribution in [0.15, 0.2) is 72.9 Å². The van der Waals surface area contributed by atoms with E-state index >= 15 is 0 Å². The Bertz CT molecular complexity index is 1330. The first kappa shape index (κ1) is 20.2. The first-order chi connectivity index (χ1) is 15.6. The van der Waals surface area contributed by atoms with E-state index in [-0.39, 0.29) is 17.9 Å². The topological polar surface area (TPSA) is 62.3 Å². The van der Waals surface area contributed by atoms with E-state index in [9.17, 15) is 9.59 Å². The van der Waals surface area contributed by atoms with Gasteiger partial charge in [0.2, 0.25) is 5.91 Å². The Morgan fingerprint density at radius 2 is 1.69 bits per heavy atom. The highest BCUT2D eigenvalue weighted by Gasteiger charge is 2.25. The number of carbonyl (C=O) groups is 2. The number of rotatable bonds is 3. The molecule has 32 heavy (non-hydrogen) atoms. The maximum atomic E-state index is 13.1. The van der Waals surface area contributed by atoms with Gasteiger partial charge < -0.3 is 10.2 Å². The van der Waals surface area contributed by atoms with Crippen LogP contribution in [0.2, 0.25) is 0 Å². The summed E-state index contributed by atoms with van der Waals surface area (Å²) < 4.78 is 0. The van der Waals surface area contributed by atoms with E-state index in [0.29, 0.717) is 12.1 Å². The van der Waals surface area contributed by atoms with E-state index < -0.39 is 0 Å². The molecule has 1 saturated heterocycles. The number of piperidine rings is 1. The van der Waals surface area contributed by atoms with Gasteiger partial charge in [-0.05, 0) is 71.1 Å². The molecule has 1 aliphatic rings. The van der Waals surface area contributed by atoms with Crippen LogP contribution < -0.4 is 5.32 Å². The molecule has 1 atom stereocenters. The molecule has 1 aliphatic heterocycles. The lowest BCUT2D eigenvalue weighted by molar-refractivity contribution is -0.120. The number of likely N-dealkylation sites (tertiary alicyclic amines) is 1. The summed E-state index contributed by atoms with van der Waals surface area (Å²) in [6.07, 6.45) is 3.62. The van der Waals surface area contributed by atoms with E-state index in [1.807, 2.05) is 35.2 Å². The molecule has 1 fully saturated rings. The average molecular weight is 424 g/mol. The van der Waals surface area contributed by atoms with Gasteiger partial charge in [-0.15, -0.1) is 0 Å². The molecule has 2 amide bonds. The molecule has 0 saturated carbocycles. The molecule has 5 rings (SSSR count). The van der Waals surface area contributed by atoms with Gasteiger partial charge in [0.25, 0.3) is 5.91 Å². The Kier molecular flexibility index (Phi) is 5.31. The predicted octanol–water partition coefficient (Wildman–Crippen LogP) is 4.80. The van der Waals surface area contributed by atoms with Crippen LogP contribution in [0.4, 0.5) is 0 Å². The number of pyridine rings is 1. The monoisotopic (exact) mass is 423 g/mol. The first-order valence-electron chi connectivity index (χ1n) is 11.0. The van der Waals surface area contributed by atoms with Crippen LogP contribution >= 0.6 is 0 Å². The van der Waals surface area contributed by atoms with Crippen LogP contribution in [0, 0.1) is 0 Å². The van der Waals surface area contributed by atoms with Crippen molar-refractivity contribution in [3.63, 3.8) is 0 Å². The van der Waals surface area contributed by atoms with Crippen LogP contribution in [0.1, 0.15) is 30.1 Å². The van der Waals surface area contributed by atoms with Gasteiger partial charge in [-0.2, -0.15) is 0 Å². The maximum Gasteiger partial charge on any atom is 0.253 e. The summed E-state index contributed by atoms with van der Waals surface area (Å²) in [6, 6.07) is 22.6. The Hall–Kier alpha value is -3.73. The number of nitrogens with one attached hydrogen (secondary N) is 1. The van der Waals surface area contributed by atoms with Crippen molar-refractivity contribution in [2.24, 2.45) is 0 Å². The van der Waals surface area contributed by atoms with Gasteiger partial charge in [0, 0.05) is 43.2 Å². The second-order valence-corrected chi connectivity index (χ2v) is 8.48. The Labute approximate surface area is 187 Å². The summed E-state index contributed by atoms with van der Waals surface area (Å²) in [5.74, 6) is -0.0263. The highest BCUT2D eigenvalue weighted by Crippen LogP contribution is 2.28. The molecule has 0 bridgehead atoms. The van der Waals surface area contributed by atoms with E-state index in [0.717, 1.165) is 52.2 Å². The van der Waals surface area contributed by atoms with Gasteiger partial charge in [-0.1, -0.05) is 30.3 Å². The first-order valence-corrected chi connectivity index (χ1v) is 11.0. The van der Waals surface area contributed by atoms with Gasteiger partial charge in [-0.25, -0.2) is 0 Å². The van der Waals surface area contributed by atoms with Crippen LogP contribution in [-0.4, -0.2) is 40.8 Å². The molecule has 3 aromatic carbocycles. The minimum atomic E-state index is -0.0477. The Morgan fingerprint density at radius 1 is 0.938 bits per heavy atom. The number of aromatic nitrogens is 1. The molecular formula is C27H25N3O2. The van der Waals surface area contributed by atoms with Gasteiger partial charge in [0.15, 0.2) is 0 Å². The lowest BCUT2D eigenvalue weighted by Gasteiger charge is -2.33. The number of fused-ring (bicyclic) bond motifs is 2. The van der Waals surface area contributed by atoms with Crippen molar-refractivity contribution < 1.29 is 9.59 Å². The molecule has 0 aliphatic carbocycles. The highest BCUT2D eigenvalue weighted by atomic mass is 16.2. The van der Waals surface area contributed by atoms with E-state index in [4.69, 9.17) is 0 Å². The van der Waals surface area contributed by atoms with Crippen molar-refractivity contribution in [1.82, 2.24) is 15.2 Å². The zero-order chi connectivity index (χ0) is 22.1. The van der Waals surface area contributed by atoms with Crippen molar-refractivity contribution >= 4 is 33.5 Å². The van der Waals surface area contributed by atoms with Crippen LogP contribution in [0.5, 0.6) is 0 Å².